The van der Waals surface area contributed by atoms with E-state index in [1.54, 1.807) is 6.07 Å². The number of Topliss-reactive ketones (excluding diaryl/α,β-unsaturated/α-hetero) is 1. The molecule has 1 fully saturated rings. The molecule has 1 saturated heterocycles. The summed E-state index contributed by atoms with van der Waals surface area (Å²) in [6.45, 7) is 0.209. The highest BCUT2D eigenvalue weighted by molar-refractivity contribution is 9.12. The zero-order valence-corrected chi connectivity index (χ0v) is 23.5. The number of likely N-dealkylation sites (tertiary alicyclic amines) is 1. The van der Waals surface area contributed by atoms with Crippen molar-refractivity contribution in [3.63, 3.8) is 0 Å². The van der Waals surface area contributed by atoms with Gasteiger partial charge in [-0.25, -0.2) is 0 Å². The number of imide groups is 1. The first-order chi connectivity index (χ1) is 18.7. The summed E-state index contributed by atoms with van der Waals surface area (Å²) in [5, 5.41) is 13.1. The number of carbonyl (C=O) groups excluding carboxylic acids is 4. The van der Waals surface area contributed by atoms with Gasteiger partial charge in [0.25, 0.3) is 0 Å². The van der Waals surface area contributed by atoms with Crippen molar-refractivity contribution in [2.75, 3.05) is 14.2 Å². The van der Waals surface area contributed by atoms with Crippen LogP contribution in [0.15, 0.2) is 63.0 Å². The number of fused-ring (bicyclic) bond motifs is 3. The molecule has 6 rings (SSSR count). The van der Waals surface area contributed by atoms with E-state index in [0.29, 0.717) is 17.7 Å². The second-order valence-electron chi connectivity index (χ2n) is 10.00. The number of amides is 2. The monoisotopic (exact) mass is 609 g/mol. The third-order valence-electron chi connectivity index (χ3n) is 8.15. The fourth-order valence-corrected chi connectivity index (χ4v) is 7.62. The van der Waals surface area contributed by atoms with E-state index in [9.17, 15) is 24.3 Å². The highest BCUT2D eigenvalue weighted by Crippen LogP contribution is 2.58. The number of ketones is 2. The summed E-state index contributed by atoms with van der Waals surface area (Å²) in [6, 6.07) is 6.81. The van der Waals surface area contributed by atoms with Crippen LogP contribution in [0.25, 0.3) is 0 Å². The molecule has 3 aliphatic carbocycles. The van der Waals surface area contributed by atoms with Crippen molar-refractivity contribution in [2.45, 2.75) is 25.3 Å². The predicted molar refractivity (Wildman–Crippen MR) is 146 cm³/mol. The van der Waals surface area contributed by atoms with E-state index in [-0.39, 0.29) is 63.5 Å². The lowest BCUT2D eigenvalue weighted by atomic mass is 9.59. The molecular weight excluding hydrogens is 586 g/mol. The van der Waals surface area contributed by atoms with Crippen LogP contribution in [0.1, 0.15) is 29.2 Å². The molecule has 0 saturated carbocycles. The summed E-state index contributed by atoms with van der Waals surface area (Å²) in [4.78, 5) is 56.3. The maximum absolute atomic E-state index is 13.8. The second kappa shape index (κ2) is 9.60. The highest BCUT2D eigenvalue weighted by atomic mass is 79.9. The van der Waals surface area contributed by atoms with E-state index in [1.807, 2.05) is 23.6 Å². The minimum absolute atomic E-state index is 0.142. The molecular formula is C29H24BrNO7S. The van der Waals surface area contributed by atoms with E-state index in [1.165, 1.54) is 42.6 Å². The average molecular weight is 610 g/mol. The Kier molecular flexibility index (Phi) is 6.34. The van der Waals surface area contributed by atoms with Crippen LogP contribution < -0.4 is 9.47 Å². The molecule has 4 unspecified atom stereocenters. The van der Waals surface area contributed by atoms with Gasteiger partial charge in [0.2, 0.25) is 11.8 Å². The molecule has 1 N–H and O–H groups in total. The van der Waals surface area contributed by atoms with Crippen LogP contribution in [0.5, 0.6) is 17.2 Å². The Hall–Kier alpha value is -3.50. The van der Waals surface area contributed by atoms with Gasteiger partial charge in [0.15, 0.2) is 11.6 Å². The lowest BCUT2D eigenvalue weighted by molar-refractivity contribution is -0.140. The summed E-state index contributed by atoms with van der Waals surface area (Å²) in [7, 11) is 2.91. The van der Waals surface area contributed by atoms with Gasteiger partial charge in [-0.1, -0.05) is 17.7 Å². The summed E-state index contributed by atoms with van der Waals surface area (Å²) in [5.74, 6) is -3.24. The number of hydrogen-bond donors (Lipinski definition) is 1. The molecule has 0 radical (unpaired) electrons. The number of carbonyl (C=O) groups is 4. The van der Waals surface area contributed by atoms with Crippen molar-refractivity contribution < 1.29 is 33.8 Å². The molecule has 2 amide bonds. The van der Waals surface area contributed by atoms with Crippen LogP contribution in [0.3, 0.4) is 0 Å². The largest absolute Gasteiger partial charge is 0.507 e. The van der Waals surface area contributed by atoms with Crippen LogP contribution >= 0.6 is 27.3 Å². The molecule has 1 aromatic heterocycles. The van der Waals surface area contributed by atoms with Crippen LogP contribution in [0.2, 0.25) is 0 Å². The van der Waals surface area contributed by atoms with Crippen LogP contribution in [0, 0.1) is 17.8 Å². The zero-order chi connectivity index (χ0) is 27.6. The minimum atomic E-state index is -0.830. The van der Waals surface area contributed by atoms with Crippen molar-refractivity contribution in [1.29, 1.82) is 0 Å². The normalized spacial score (nSPS) is 26.2. The van der Waals surface area contributed by atoms with Crippen LogP contribution in [-0.2, 0) is 25.7 Å². The predicted octanol–water partition coefficient (Wildman–Crippen LogP) is 4.43. The second-order valence-corrected chi connectivity index (χ2v) is 11.9. The van der Waals surface area contributed by atoms with Gasteiger partial charge in [-0.15, -0.1) is 11.3 Å². The highest BCUT2D eigenvalue weighted by Gasteiger charge is 2.56. The fourth-order valence-electron chi connectivity index (χ4n) is 6.48. The first-order valence-corrected chi connectivity index (χ1v) is 14.1. The molecule has 1 aliphatic heterocycles. The zero-order valence-electron chi connectivity index (χ0n) is 21.1. The number of halogens is 1. The van der Waals surface area contributed by atoms with Gasteiger partial charge >= 0.3 is 0 Å². The first kappa shape index (κ1) is 25.8. The maximum Gasteiger partial charge on any atom is 0.234 e. The third-order valence-corrected chi connectivity index (χ3v) is 9.60. The molecule has 2 heterocycles. The number of rotatable bonds is 5. The number of phenols is 1. The third kappa shape index (κ3) is 3.91. The number of methoxy groups -OCH3 is 2. The summed E-state index contributed by atoms with van der Waals surface area (Å²) >= 11 is 4.71. The Labute approximate surface area is 236 Å². The van der Waals surface area contributed by atoms with Gasteiger partial charge in [0, 0.05) is 45.7 Å². The van der Waals surface area contributed by atoms with Crippen molar-refractivity contribution in [3.8, 4) is 17.2 Å². The van der Waals surface area contributed by atoms with Crippen molar-refractivity contribution in [1.82, 2.24) is 4.90 Å². The number of hydrogen-bond acceptors (Lipinski definition) is 8. The molecule has 0 spiro atoms. The molecule has 8 nitrogen and oxygen atoms in total. The van der Waals surface area contributed by atoms with E-state index >= 15 is 0 Å². The molecule has 4 atom stereocenters. The van der Waals surface area contributed by atoms with E-state index < -0.39 is 23.7 Å². The standard InChI is InChI=1S/C29H24BrNO7S/c1-37-13-8-20(32)26(22(9-13)38-2)25-15-5-6-16-23(29(36)31(28(16)35)12-14-4-3-7-39-14)17(15)10-18-24(25)21(33)11-19(30)27(18)34/h3-5,7-9,11,16-17,23,25,32H,6,10,12H2,1-2H3. The molecule has 39 heavy (non-hydrogen) atoms. The molecule has 1 aromatic carbocycles. The Balaban J connectivity index is 1.51. The Bertz CT molecular complexity index is 1540. The number of aromatic hydroxyl groups is 1. The van der Waals surface area contributed by atoms with Crippen LogP contribution in [0.4, 0.5) is 0 Å². The number of thiophene rings is 1. The van der Waals surface area contributed by atoms with E-state index in [4.69, 9.17) is 9.47 Å². The van der Waals surface area contributed by atoms with Gasteiger partial charge in [-0.3, -0.25) is 24.1 Å². The lowest BCUT2D eigenvalue weighted by Gasteiger charge is -2.42. The molecule has 0 bridgehead atoms. The minimum Gasteiger partial charge on any atom is -0.507 e. The smallest absolute Gasteiger partial charge is 0.234 e. The van der Waals surface area contributed by atoms with Gasteiger partial charge in [-0.2, -0.15) is 0 Å². The van der Waals surface area contributed by atoms with Crippen molar-refractivity contribution >= 4 is 50.6 Å². The van der Waals surface area contributed by atoms with Gasteiger partial charge in [0.05, 0.1) is 37.1 Å². The first-order valence-electron chi connectivity index (χ1n) is 12.5. The number of benzene rings is 1. The number of allylic oxidation sites excluding steroid dienone is 6. The molecule has 200 valence electrons. The Morgan fingerprint density at radius 1 is 1.10 bits per heavy atom. The van der Waals surface area contributed by atoms with Crippen molar-refractivity contribution in [2.24, 2.45) is 17.8 Å². The topological polar surface area (TPSA) is 110 Å². The number of phenolic OH excluding ortho intramolecular Hbond substituents is 1. The summed E-state index contributed by atoms with van der Waals surface area (Å²) in [5.41, 5.74) is 1.60. The maximum atomic E-state index is 13.8. The Morgan fingerprint density at radius 3 is 2.59 bits per heavy atom. The van der Waals surface area contributed by atoms with Gasteiger partial charge in [-0.05, 0) is 46.1 Å². The SMILES string of the molecule is COc1cc(O)c(C2C3=CCC4C(=O)N(Cc5cccs5)C(=O)C4C3CC3=C2C(=O)C=C(Br)C3=O)c(OC)c1. The molecule has 4 aliphatic rings. The molecule has 2 aromatic rings. The molecule has 10 heteroatoms. The quantitative estimate of drug-likeness (QED) is 0.303. The number of ether oxygens (including phenoxy) is 2. The Morgan fingerprint density at radius 2 is 1.90 bits per heavy atom. The lowest BCUT2D eigenvalue weighted by Crippen LogP contribution is -2.39. The van der Waals surface area contributed by atoms with Crippen LogP contribution in [-0.4, -0.2) is 47.6 Å². The summed E-state index contributed by atoms with van der Waals surface area (Å²) in [6.07, 6.45) is 3.63. The van der Waals surface area contributed by atoms with Crippen molar-refractivity contribution in [3.05, 3.63) is 73.4 Å². The van der Waals surface area contributed by atoms with E-state index in [0.717, 1.165) is 10.5 Å². The van der Waals surface area contributed by atoms with Gasteiger partial charge < -0.3 is 14.6 Å². The fraction of sp³-hybridized carbons (Fsp3) is 0.310. The van der Waals surface area contributed by atoms with E-state index in [2.05, 4.69) is 15.9 Å². The summed E-state index contributed by atoms with van der Waals surface area (Å²) < 4.78 is 11.1. The number of nitrogens with zero attached hydrogens (tertiary/aromatic N) is 1. The van der Waals surface area contributed by atoms with Gasteiger partial charge in [0.1, 0.15) is 17.2 Å². The average Bonchev–Trinajstić information content (AvgIpc) is 3.53.